The van der Waals surface area contributed by atoms with Crippen molar-refractivity contribution < 1.29 is 9.53 Å². The Kier molecular flexibility index (Phi) is 4.28. The molecular weight excluding hydrogens is 282 g/mol. The summed E-state index contributed by atoms with van der Waals surface area (Å²) in [5.74, 6) is 0.415. The molecule has 0 aliphatic carbocycles. The van der Waals surface area contributed by atoms with Gasteiger partial charge in [0.2, 0.25) is 11.8 Å². The quantitative estimate of drug-likeness (QED) is 0.851. The van der Waals surface area contributed by atoms with Crippen LogP contribution in [0.25, 0.3) is 0 Å². The highest BCUT2D eigenvalue weighted by Crippen LogP contribution is 2.16. The first kappa shape index (κ1) is 13.7. The molecule has 0 spiro atoms. The van der Waals surface area contributed by atoms with Crippen LogP contribution in [0.1, 0.15) is 10.6 Å². The van der Waals surface area contributed by atoms with E-state index < -0.39 is 0 Å². The van der Waals surface area contributed by atoms with Gasteiger partial charge in [-0.05, 0) is 25.2 Å². The molecule has 0 fully saturated rings. The van der Waals surface area contributed by atoms with Crippen molar-refractivity contribution in [2.24, 2.45) is 0 Å². The Hall–Kier alpha value is -1.73. The lowest BCUT2D eigenvalue weighted by molar-refractivity contribution is -0.115. The summed E-state index contributed by atoms with van der Waals surface area (Å²) in [5, 5.41) is 2.78. The van der Waals surface area contributed by atoms with Gasteiger partial charge in [-0.15, -0.1) is 11.3 Å². The number of aryl methyl sites for hydroxylation is 1. The highest BCUT2D eigenvalue weighted by molar-refractivity contribution is 7.73. The number of H-pyrrole nitrogens is 1. The molecule has 5 nitrogen and oxygen atoms in total. The maximum atomic E-state index is 11.9. The number of aromatic amines is 1. The number of thiazole rings is 1. The number of rotatable bonds is 4. The molecule has 0 atom stereocenters. The molecule has 19 heavy (non-hydrogen) atoms. The van der Waals surface area contributed by atoms with Gasteiger partial charge in [-0.1, -0.05) is 0 Å². The molecular formula is C12H13N3O2S2. The lowest BCUT2D eigenvalue weighted by Crippen LogP contribution is -2.14. The van der Waals surface area contributed by atoms with Crippen LogP contribution in [0.15, 0.2) is 18.3 Å². The molecule has 0 aliphatic rings. The number of hydrogen-bond acceptors (Lipinski definition) is 5. The van der Waals surface area contributed by atoms with E-state index in [-0.39, 0.29) is 5.91 Å². The van der Waals surface area contributed by atoms with Gasteiger partial charge in [-0.3, -0.25) is 4.79 Å². The SMILES string of the molecule is COc1ccc(NC(=O)Cc2sc(=S)[nH]c2C)cn1. The second-order valence-corrected chi connectivity index (χ2v) is 5.65. The summed E-state index contributed by atoms with van der Waals surface area (Å²) in [6, 6.07) is 3.44. The maximum Gasteiger partial charge on any atom is 0.229 e. The molecule has 0 unspecified atom stereocenters. The van der Waals surface area contributed by atoms with Crippen molar-refractivity contribution in [2.45, 2.75) is 13.3 Å². The molecule has 0 bridgehead atoms. The number of carbonyl (C=O) groups excluding carboxylic acids is 1. The number of nitrogens with one attached hydrogen (secondary N) is 2. The van der Waals surface area contributed by atoms with Crippen LogP contribution < -0.4 is 10.1 Å². The molecule has 0 aromatic carbocycles. The molecule has 7 heteroatoms. The van der Waals surface area contributed by atoms with Crippen molar-refractivity contribution in [1.82, 2.24) is 9.97 Å². The van der Waals surface area contributed by atoms with Gasteiger partial charge in [0.05, 0.1) is 25.4 Å². The first-order valence-electron chi connectivity index (χ1n) is 5.57. The van der Waals surface area contributed by atoms with Crippen LogP contribution in [0.5, 0.6) is 5.88 Å². The number of nitrogens with zero attached hydrogens (tertiary/aromatic N) is 1. The van der Waals surface area contributed by atoms with Crippen LogP contribution >= 0.6 is 23.6 Å². The third-order valence-electron chi connectivity index (χ3n) is 2.47. The zero-order valence-corrected chi connectivity index (χ0v) is 12.2. The van der Waals surface area contributed by atoms with E-state index in [0.717, 1.165) is 10.6 Å². The van der Waals surface area contributed by atoms with E-state index in [0.29, 0.717) is 21.9 Å². The highest BCUT2D eigenvalue weighted by atomic mass is 32.1. The van der Waals surface area contributed by atoms with Gasteiger partial charge >= 0.3 is 0 Å². The number of methoxy groups -OCH3 is 1. The Labute approximate surface area is 119 Å². The van der Waals surface area contributed by atoms with E-state index in [1.807, 2.05) is 6.92 Å². The first-order chi connectivity index (χ1) is 9.08. The zero-order valence-electron chi connectivity index (χ0n) is 10.5. The summed E-state index contributed by atoms with van der Waals surface area (Å²) in [7, 11) is 1.54. The fourth-order valence-corrected chi connectivity index (χ4v) is 2.82. The van der Waals surface area contributed by atoms with E-state index in [1.54, 1.807) is 25.4 Å². The average molecular weight is 295 g/mol. The third kappa shape index (κ3) is 3.62. The minimum absolute atomic E-state index is 0.0969. The maximum absolute atomic E-state index is 11.9. The second-order valence-electron chi connectivity index (χ2n) is 3.88. The number of amides is 1. The lowest BCUT2D eigenvalue weighted by atomic mass is 10.3. The minimum atomic E-state index is -0.0969. The molecule has 2 aromatic rings. The summed E-state index contributed by atoms with van der Waals surface area (Å²) in [6.45, 7) is 1.91. The van der Waals surface area contributed by atoms with E-state index in [1.165, 1.54) is 11.3 Å². The number of carbonyl (C=O) groups is 1. The second kappa shape index (κ2) is 5.94. The zero-order chi connectivity index (χ0) is 13.8. The number of ether oxygens (including phenoxy) is 1. The Balaban J connectivity index is 2.00. The molecule has 2 N–H and O–H groups in total. The number of hydrogen-bond donors (Lipinski definition) is 2. The minimum Gasteiger partial charge on any atom is -0.481 e. The summed E-state index contributed by atoms with van der Waals surface area (Å²) in [5.41, 5.74) is 1.58. The van der Waals surface area contributed by atoms with E-state index in [4.69, 9.17) is 17.0 Å². The van der Waals surface area contributed by atoms with Gasteiger partial charge in [-0.25, -0.2) is 4.98 Å². The fraction of sp³-hybridized carbons (Fsp3) is 0.250. The Morgan fingerprint density at radius 1 is 1.58 bits per heavy atom. The van der Waals surface area contributed by atoms with Gasteiger partial charge in [-0.2, -0.15) is 0 Å². The van der Waals surface area contributed by atoms with Crippen LogP contribution in [0.2, 0.25) is 0 Å². The summed E-state index contributed by atoms with van der Waals surface area (Å²) < 4.78 is 5.64. The van der Waals surface area contributed by atoms with Crippen molar-refractivity contribution in [2.75, 3.05) is 12.4 Å². The predicted octanol–water partition coefficient (Wildman–Crippen LogP) is 2.70. The monoisotopic (exact) mass is 295 g/mol. The summed E-state index contributed by atoms with van der Waals surface area (Å²) in [6.07, 6.45) is 1.86. The average Bonchev–Trinajstić information content (AvgIpc) is 2.68. The summed E-state index contributed by atoms with van der Waals surface area (Å²) in [4.78, 5) is 19.9. The van der Waals surface area contributed by atoms with Gasteiger partial charge in [0.15, 0.2) is 3.95 Å². The number of aromatic nitrogens is 2. The first-order valence-corrected chi connectivity index (χ1v) is 6.79. The topological polar surface area (TPSA) is 67.0 Å². The van der Waals surface area contributed by atoms with Crippen LogP contribution in [-0.2, 0) is 11.2 Å². The number of pyridine rings is 1. The van der Waals surface area contributed by atoms with Crippen molar-refractivity contribution in [3.63, 3.8) is 0 Å². The standard InChI is InChI=1S/C12H13N3O2S2/c1-7-9(19-12(18)14-7)5-10(16)15-8-3-4-11(17-2)13-6-8/h3-4,6H,5H2,1-2H3,(H,14,18)(H,15,16). The molecule has 0 saturated carbocycles. The molecule has 2 heterocycles. The van der Waals surface area contributed by atoms with Crippen molar-refractivity contribution in [1.29, 1.82) is 0 Å². The van der Waals surface area contributed by atoms with E-state index in [2.05, 4.69) is 15.3 Å². The Morgan fingerprint density at radius 3 is 2.89 bits per heavy atom. The van der Waals surface area contributed by atoms with Crippen LogP contribution in [0.4, 0.5) is 5.69 Å². The smallest absolute Gasteiger partial charge is 0.229 e. The van der Waals surface area contributed by atoms with Gasteiger partial charge < -0.3 is 15.0 Å². The normalized spacial score (nSPS) is 10.2. The van der Waals surface area contributed by atoms with E-state index >= 15 is 0 Å². The molecule has 100 valence electrons. The summed E-state index contributed by atoms with van der Waals surface area (Å²) >= 11 is 6.46. The molecule has 0 radical (unpaired) electrons. The van der Waals surface area contributed by atoms with Gasteiger partial charge in [0.1, 0.15) is 0 Å². The third-order valence-corrected chi connectivity index (χ3v) is 3.81. The predicted molar refractivity (Wildman–Crippen MR) is 77.4 cm³/mol. The van der Waals surface area contributed by atoms with Gasteiger partial charge in [0.25, 0.3) is 0 Å². The van der Waals surface area contributed by atoms with Crippen molar-refractivity contribution in [3.05, 3.63) is 32.9 Å². The molecule has 0 aliphatic heterocycles. The van der Waals surface area contributed by atoms with Crippen LogP contribution in [0, 0.1) is 10.9 Å². The number of anilines is 1. The Bertz CT molecular complexity index is 631. The molecule has 0 saturated heterocycles. The molecule has 2 rings (SSSR count). The van der Waals surface area contributed by atoms with Crippen molar-refractivity contribution >= 4 is 35.1 Å². The molecule has 1 amide bonds. The van der Waals surface area contributed by atoms with Gasteiger partial charge in [0, 0.05) is 16.6 Å². The van der Waals surface area contributed by atoms with Crippen LogP contribution in [0.3, 0.4) is 0 Å². The molecule has 2 aromatic heterocycles. The Morgan fingerprint density at radius 2 is 2.37 bits per heavy atom. The highest BCUT2D eigenvalue weighted by Gasteiger charge is 2.09. The van der Waals surface area contributed by atoms with Crippen LogP contribution in [-0.4, -0.2) is 23.0 Å². The lowest BCUT2D eigenvalue weighted by Gasteiger charge is -2.05. The largest absolute Gasteiger partial charge is 0.481 e. The van der Waals surface area contributed by atoms with Crippen molar-refractivity contribution in [3.8, 4) is 5.88 Å². The van der Waals surface area contributed by atoms with E-state index in [9.17, 15) is 4.79 Å². The fourth-order valence-electron chi connectivity index (χ4n) is 1.53.